The molecule has 1 aromatic heterocycles. The van der Waals surface area contributed by atoms with E-state index in [1.54, 1.807) is 11.3 Å². The van der Waals surface area contributed by atoms with E-state index in [0.717, 1.165) is 34.7 Å². The molecule has 0 aliphatic carbocycles. The highest BCUT2D eigenvalue weighted by Gasteiger charge is 2.19. The molecule has 18 heavy (non-hydrogen) atoms. The van der Waals surface area contributed by atoms with E-state index >= 15 is 0 Å². The van der Waals surface area contributed by atoms with Gasteiger partial charge in [0, 0.05) is 18.1 Å². The summed E-state index contributed by atoms with van der Waals surface area (Å²) < 4.78 is 1.20. The van der Waals surface area contributed by atoms with Gasteiger partial charge in [0.15, 0.2) is 5.13 Å². The third-order valence-electron chi connectivity index (χ3n) is 3.69. The van der Waals surface area contributed by atoms with Gasteiger partial charge in [-0.25, -0.2) is 4.98 Å². The smallest absolute Gasteiger partial charge is 0.186 e. The Balaban J connectivity index is 1.96. The van der Waals surface area contributed by atoms with Gasteiger partial charge in [-0.15, -0.1) is 0 Å². The zero-order valence-corrected chi connectivity index (χ0v) is 12.3. The fraction of sp³-hybridized carbons (Fsp3) is 0.500. The number of piperidine rings is 1. The molecule has 0 radical (unpaired) electrons. The summed E-state index contributed by atoms with van der Waals surface area (Å²) in [5, 5.41) is 1.96. The van der Waals surface area contributed by atoms with Gasteiger partial charge in [0.25, 0.3) is 0 Å². The Morgan fingerprint density at radius 2 is 2.06 bits per heavy atom. The number of hydrogen-bond acceptors (Lipinski definition) is 3. The molecule has 1 aliphatic heterocycles. The summed E-state index contributed by atoms with van der Waals surface area (Å²) in [6.07, 6.45) is 2.55. The van der Waals surface area contributed by atoms with E-state index in [4.69, 9.17) is 16.6 Å². The van der Waals surface area contributed by atoms with E-state index in [1.165, 1.54) is 23.1 Å². The Morgan fingerprint density at radius 1 is 1.33 bits per heavy atom. The molecule has 1 aliphatic rings. The first kappa shape index (κ1) is 12.2. The van der Waals surface area contributed by atoms with Crippen molar-refractivity contribution in [3.63, 3.8) is 0 Å². The van der Waals surface area contributed by atoms with E-state index in [2.05, 4.69) is 18.7 Å². The lowest BCUT2D eigenvalue weighted by Gasteiger charge is -2.29. The van der Waals surface area contributed by atoms with Crippen LogP contribution >= 0.6 is 22.9 Å². The summed E-state index contributed by atoms with van der Waals surface area (Å²) in [6.45, 7) is 6.68. The molecule has 2 heterocycles. The highest BCUT2D eigenvalue weighted by molar-refractivity contribution is 7.22. The number of anilines is 1. The van der Waals surface area contributed by atoms with Crippen LogP contribution in [0.4, 0.5) is 5.13 Å². The van der Waals surface area contributed by atoms with Gasteiger partial charge in [-0.1, -0.05) is 29.9 Å². The van der Waals surface area contributed by atoms with Gasteiger partial charge in [0.1, 0.15) is 0 Å². The molecule has 0 amide bonds. The van der Waals surface area contributed by atoms with Crippen LogP contribution in [0.3, 0.4) is 0 Å². The van der Waals surface area contributed by atoms with E-state index in [0.29, 0.717) is 0 Å². The molecule has 3 rings (SSSR count). The van der Waals surface area contributed by atoms with Gasteiger partial charge >= 0.3 is 0 Å². The van der Waals surface area contributed by atoms with Crippen molar-refractivity contribution in [1.82, 2.24) is 4.98 Å². The largest absolute Gasteiger partial charge is 0.348 e. The average Bonchev–Trinajstić information content (AvgIpc) is 2.74. The quantitative estimate of drug-likeness (QED) is 0.765. The van der Waals surface area contributed by atoms with Crippen molar-refractivity contribution in [1.29, 1.82) is 0 Å². The Labute approximate surface area is 117 Å². The summed E-state index contributed by atoms with van der Waals surface area (Å²) in [5.74, 6) is 0.854. The normalized spacial score (nSPS) is 17.6. The van der Waals surface area contributed by atoms with Crippen LogP contribution in [0.25, 0.3) is 10.2 Å². The van der Waals surface area contributed by atoms with Gasteiger partial charge in [-0.3, -0.25) is 0 Å². The van der Waals surface area contributed by atoms with Gasteiger partial charge in [0.05, 0.1) is 10.2 Å². The van der Waals surface area contributed by atoms with Crippen molar-refractivity contribution in [2.24, 2.45) is 5.92 Å². The van der Waals surface area contributed by atoms with E-state index in [-0.39, 0.29) is 0 Å². The molecular weight excluding hydrogens is 264 g/mol. The number of fused-ring (bicyclic) bond motifs is 1. The lowest BCUT2D eigenvalue weighted by Crippen LogP contribution is -2.32. The second-order valence-electron chi connectivity index (χ2n) is 5.24. The van der Waals surface area contributed by atoms with Crippen molar-refractivity contribution in [2.75, 3.05) is 18.0 Å². The predicted molar refractivity (Wildman–Crippen MR) is 80.0 cm³/mol. The van der Waals surface area contributed by atoms with E-state index < -0.39 is 0 Å². The van der Waals surface area contributed by atoms with Gasteiger partial charge in [-0.05, 0) is 43.4 Å². The van der Waals surface area contributed by atoms with Gasteiger partial charge < -0.3 is 4.90 Å². The maximum Gasteiger partial charge on any atom is 0.186 e. The lowest BCUT2D eigenvalue weighted by atomic mass is 10.00. The molecule has 96 valence electrons. The second-order valence-corrected chi connectivity index (χ2v) is 6.68. The van der Waals surface area contributed by atoms with Crippen LogP contribution in [0.15, 0.2) is 12.1 Å². The lowest BCUT2D eigenvalue weighted by molar-refractivity contribution is 0.438. The van der Waals surface area contributed by atoms with Crippen LogP contribution in [-0.4, -0.2) is 18.1 Å². The third kappa shape index (κ3) is 2.21. The molecule has 0 saturated carbocycles. The maximum absolute atomic E-state index is 6.10. The minimum absolute atomic E-state index is 0.808. The van der Waals surface area contributed by atoms with E-state index in [1.807, 2.05) is 12.1 Å². The van der Waals surface area contributed by atoms with Crippen LogP contribution in [-0.2, 0) is 0 Å². The highest BCUT2D eigenvalue weighted by atomic mass is 35.5. The molecule has 4 heteroatoms. The average molecular weight is 281 g/mol. The molecule has 1 fully saturated rings. The number of rotatable bonds is 1. The first-order valence-electron chi connectivity index (χ1n) is 6.45. The Morgan fingerprint density at radius 3 is 2.78 bits per heavy atom. The van der Waals surface area contributed by atoms with Gasteiger partial charge in [-0.2, -0.15) is 0 Å². The Bertz CT molecular complexity index is 570. The molecular formula is C14H17ClN2S. The van der Waals surface area contributed by atoms with Crippen LogP contribution in [0.5, 0.6) is 0 Å². The first-order valence-corrected chi connectivity index (χ1v) is 7.64. The number of benzene rings is 1. The molecule has 1 aromatic carbocycles. The molecule has 0 unspecified atom stereocenters. The molecule has 2 aromatic rings. The zero-order valence-electron chi connectivity index (χ0n) is 10.7. The molecule has 0 N–H and O–H groups in total. The third-order valence-corrected chi connectivity index (χ3v) is 4.97. The van der Waals surface area contributed by atoms with Crippen molar-refractivity contribution in [3.05, 3.63) is 22.7 Å². The fourth-order valence-corrected chi connectivity index (χ4v) is 3.95. The number of nitrogens with zero attached hydrogens (tertiary/aromatic N) is 2. The first-order chi connectivity index (χ1) is 8.63. The van der Waals surface area contributed by atoms with Crippen LogP contribution in [0, 0.1) is 12.8 Å². The molecule has 0 bridgehead atoms. The zero-order chi connectivity index (χ0) is 12.7. The maximum atomic E-state index is 6.10. The summed E-state index contributed by atoms with van der Waals surface area (Å²) in [7, 11) is 0. The molecule has 2 nitrogen and oxygen atoms in total. The van der Waals surface area contributed by atoms with Crippen LogP contribution < -0.4 is 4.90 Å². The van der Waals surface area contributed by atoms with Crippen LogP contribution in [0.1, 0.15) is 25.3 Å². The standard InChI is InChI=1S/C14H17ClN2S/c1-9-3-5-17(6-4-9)14-16-13-10(2)7-11(15)8-12(13)18-14/h7-9H,3-6H2,1-2H3. The number of aromatic nitrogens is 1. The topological polar surface area (TPSA) is 16.1 Å². The monoisotopic (exact) mass is 280 g/mol. The molecule has 0 atom stereocenters. The van der Waals surface area contributed by atoms with E-state index in [9.17, 15) is 0 Å². The van der Waals surface area contributed by atoms with Crippen molar-refractivity contribution < 1.29 is 0 Å². The van der Waals surface area contributed by atoms with Gasteiger partial charge in [0.2, 0.25) is 0 Å². The Kier molecular flexibility index (Phi) is 3.20. The summed E-state index contributed by atoms with van der Waals surface area (Å²) in [5.41, 5.74) is 2.28. The molecule has 1 saturated heterocycles. The van der Waals surface area contributed by atoms with Crippen LogP contribution in [0.2, 0.25) is 5.02 Å². The SMILES string of the molecule is Cc1cc(Cl)cc2sc(N3CCC(C)CC3)nc12. The second kappa shape index (κ2) is 4.71. The number of thiazole rings is 1. The number of aryl methyl sites for hydroxylation is 1. The Hall–Kier alpha value is -0.800. The fourth-order valence-electron chi connectivity index (χ4n) is 2.48. The summed E-state index contributed by atoms with van der Waals surface area (Å²) in [4.78, 5) is 7.20. The number of hydrogen-bond donors (Lipinski definition) is 0. The van der Waals surface area contributed by atoms with Crippen molar-refractivity contribution in [2.45, 2.75) is 26.7 Å². The molecule has 0 spiro atoms. The number of halogens is 1. The van der Waals surface area contributed by atoms with Crippen molar-refractivity contribution >= 4 is 38.3 Å². The summed E-state index contributed by atoms with van der Waals surface area (Å²) in [6, 6.07) is 4.02. The predicted octanol–water partition coefficient (Wildman–Crippen LogP) is 4.49. The van der Waals surface area contributed by atoms with Crippen molar-refractivity contribution in [3.8, 4) is 0 Å². The summed E-state index contributed by atoms with van der Waals surface area (Å²) >= 11 is 7.87. The highest BCUT2D eigenvalue weighted by Crippen LogP contribution is 2.34. The minimum atomic E-state index is 0.808. The minimum Gasteiger partial charge on any atom is -0.348 e.